The Labute approximate surface area is 103 Å². The molecule has 0 radical (unpaired) electrons. The first kappa shape index (κ1) is 15.9. The Kier molecular flexibility index (Phi) is 6.16. The molecule has 0 aromatic rings. The zero-order valence-electron chi connectivity index (χ0n) is 11.2. The van der Waals surface area contributed by atoms with E-state index < -0.39 is 17.6 Å². The van der Waals surface area contributed by atoms with Crippen LogP contribution in [-0.4, -0.2) is 35.7 Å². The molecule has 0 heterocycles. The van der Waals surface area contributed by atoms with Gasteiger partial charge in [0, 0.05) is 7.11 Å². The quantitative estimate of drug-likeness (QED) is 0.711. The van der Waals surface area contributed by atoms with Crippen molar-refractivity contribution in [1.82, 2.24) is 5.32 Å². The molecule has 100 valence electrons. The van der Waals surface area contributed by atoms with Crippen molar-refractivity contribution in [3.63, 3.8) is 0 Å². The van der Waals surface area contributed by atoms with Crippen LogP contribution < -0.4 is 5.32 Å². The van der Waals surface area contributed by atoms with Crippen LogP contribution in [0, 0.1) is 5.92 Å². The third kappa shape index (κ3) is 4.73. The molecule has 0 aliphatic carbocycles. The van der Waals surface area contributed by atoms with Crippen LogP contribution in [0.1, 0.15) is 40.5 Å². The number of nitrogens with one attached hydrogen (secondary N) is 1. The standard InChI is InChI=1S/C12H23NO4/c1-6-12(4,17-5)11(16)13-9(10(14)15)7-8(2)3/h8-9H,6-7H2,1-5H3,(H,13,16)(H,14,15). The molecule has 0 saturated heterocycles. The summed E-state index contributed by atoms with van der Waals surface area (Å²) in [5.74, 6) is -1.19. The average molecular weight is 245 g/mol. The molecule has 0 aromatic carbocycles. The van der Waals surface area contributed by atoms with Gasteiger partial charge in [-0.15, -0.1) is 0 Å². The normalized spacial score (nSPS) is 16.4. The second-order valence-electron chi connectivity index (χ2n) is 4.78. The molecule has 1 amide bonds. The molecule has 0 rings (SSSR count). The molecule has 5 heteroatoms. The van der Waals surface area contributed by atoms with E-state index in [2.05, 4.69) is 5.32 Å². The van der Waals surface area contributed by atoms with E-state index in [1.807, 2.05) is 20.8 Å². The van der Waals surface area contributed by atoms with Crippen molar-refractivity contribution >= 4 is 11.9 Å². The smallest absolute Gasteiger partial charge is 0.326 e. The Morgan fingerprint density at radius 3 is 2.24 bits per heavy atom. The highest BCUT2D eigenvalue weighted by molar-refractivity contribution is 5.88. The maximum atomic E-state index is 11.9. The van der Waals surface area contributed by atoms with E-state index in [0.29, 0.717) is 12.8 Å². The van der Waals surface area contributed by atoms with Gasteiger partial charge in [0.05, 0.1) is 0 Å². The predicted octanol–water partition coefficient (Wildman–Crippen LogP) is 1.42. The molecule has 2 atom stereocenters. The highest BCUT2D eigenvalue weighted by atomic mass is 16.5. The van der Waals surface area contributed by atoms with E-state index in [9.17, 15) is 9.59 Å². The fraction of sp³-hybridized carbons (Fsp3) is 0.833. The number of carbonyl (C=O) groups is 2. The van der Waals surface area contributed by atoms with Crippen molar-refractivity contribution in [3.05, 3.63) is 0 Å². The minimum atomic E-state index is -1.01. The molecule has 17 heavy (non-hydrogen) atoms. The summed E-state index contributed by atoms with van der Waals surface area (Å²) in [5, 5.41) is 11.6. The van der Waals surface area contributed by atoms with Crippen LogP contribution in [0.4, 0.5) is 0 Å². The molecular weight excluding hydrogens is 222 g/mol. The van der Waals surface area contributed by atoms with E-state index in [-0.39, 0.29) is 11.8 Å². The summed E-state index contributed by atoms with van der Waals surface area (Å²) in [6.07, 6.45) is 0.897. The van der Waals surface area contributed by atoms with Gasteiger partial charge < -0.3 is 15.2 Å². The van der Waals surface area contributed by atoms with Gasteiger partial charge >= 0.3 is 5.97 Å². The van der Waals surface area contributed by atoms with Gasteiger partial charge in [-0.25, -0.2) is 4.79 Å². The minimum Gasteiger partial charge on any atom is -0.480 e. The van der Waals surface area contributed by atoms with E-state index in [4.69, 9.17) is 9.84 Å². The third-order valence-corrected chi connectivity index (χ3v) is 2.92. The minimum absolute atomic E-state index is 0.201. The Morgan fingerprint density at radius 1 is 1.41 bits per heavy atom. The molecular formula is C12H23NO4. The fourth-order valence-electron chi connectivity index (χ4n) is 1.40. The first-order valence-corrected chi connectivity index (χ1v) is 5.85. The molecule has 2 N–H and O–H groups in total. The molecule has 0 spiro atoms. The Morgan fingerprint density at radius 2 is 1.94 bits per heavy atom. The van der Waals surface area contributed by atoms with Crippen molar-refractivity contribution in [2.24, 2.45) is 5.92 Å². The second kappa shape index (κ2) is 6.59. The van der Waals surface area contributed by atoms with Crippen molar-refractivity contribution in [2.75, 3.05) is 7.11 Å². The van der Waals surface area contributed by atoms with Crippen LogP contribution >= 0.6 is 0 Å². The lowest BCUT2D eigenvalue weighted by Crippen LogP contribution is -2.51. The van der Waals surface area contributed by atoms with E-state index in [1.165, 1.54) is 7.11 Å². The number of hydrogen-bond acceptors (Lipinski definition) is 3. The van der Waals surface area contributed by atoms with Crippen LogP contribution in [0.3, 0.4) is 0 Å². The Bertz CT molecular complexity index is 272. The summed E-state index contributed by atoms with van der Waals surface area (Å²) in [4.78, 5) is 22.9. The van der Waals surface area contributed by atoms with Crippen LogP contribution in [0.5, 0.6) is 0 Å². The number of amides is 1. The summed E-state index contributed by atoms with van der Waals surface area (Å²) in [7, 11) is 1.45. The molecule has 0 aliphatic rings. The maximum absolute atomic E-state index is 11.9. The number of aliphatic carboxylic acids is 1. The topological polar surface area (TPSA) is 75.6 Å². The highest BCUT2D eigenvalue weighted by Crippen LogP contribution is 2.15. The van der Waals surface area contributed by atoms with Crippen LogP contribution in [0.2, 0.25) is 0 Å². The number of methoxy groups -OCH3 is 1. The van der Waals surface area contributed by atoms with Gasteiger partial charge in [0.2, 0.25) is 0 Å². The number of carboxylic acids is 1. The predicted molar refractivity (Wildman–Crippen MR) is 64.7 cm³/mol. The van der Waals surface area contributed by atoms with Crippen LogP contribution in [-0.2, 0) is 14.3 Å². The van der Waals surface area contributed by atoms with Crippen molar-refractivity contribution in [3.8, 4) is 0 Å². The molecule has 2 unspecified atom stereocenters. The fourth-order valence-corrected chi connectivity index (χ4v) is 1.40. The largest absolute Gasteiger partial charge is 0.480 e. The Hall–Kier alpha value is -1.10. The van der Waals surface area contributed by atoms with Gasteiger partial charge in [-0.2, -0.15) is 0 Å². The van der Waals surface area contributed by atoms with Crippen molar-refractivity contribution in [2.45, 2.75) is 52.2 Å². The molecule has 0 fully saturated rings. The lowest BCUT2D eigenvalue weighted by atomic mass is 9.99. The lowest BCUT2D eigenvalue weighted by molar-refractivity contribution is -0.149. The summed E-state index contributed by atoms with van der Waals surface area (Å²) in [6, 6.07) is -0.858. The average Bonchev–Trinajstić information content (AvgIpc) is 2.26. The van der Waals surface area contributed by atoms with Crippen molar-refractivity contribution < 1.29 is 19.4 Å². The van der Waals surface area contributed by atoms with Gasteiger partial charge in [0.25, 0.3) is 5.91 Å². The zero-order chi connectivity index (χ0) is 13.6. The summed E-state index contributed by atoms with van der Waals surface area (Å²) < 4.78 is 5.13. The van der Waals surface area contributed by atoms with E-state index in [1.54, 1.807) is 6.92 Å². The monoisotopic (exact) mass is 245 g/mol. The van der Waals surface area contributed by atoms with Gasteiger partial charge in [-0.3, -0.25) is 4.79 Å². The number of ether oxygens (including phenoxy) is 1. The van der Waals surface area contributed by atoms with Gasteiger partial charge in [-0.1, -0.05) is 20.8 Å². The van der Waals surface area contributed by atoms with Crippen LogP contribution in [0.25, 0.3) is 0 Å². The Balaban J connectivity index is 4.66. The lowest BCUT2D eigenvalue weighted by Gasteiger charge is -2.27. The molecule has 0 bridgehead atoms. The number of hydrogen-bond donors (Lipinski definition) is 2. The van der Waals surface area contributed by atoms with E-state index >= 15 is 0 Å². The first-order valence-electron chi connectivity index (χ1n) is 5.85. The third-order valence-electron chi connectivity index (χ3n) is 2.92. The van der Waals surface area contributed by atoms with E-state index in [0.717, 1.165) is 0 Å². The van der Waals surface area contributed by atoms with Gasteiger partial charge in [0.15, 0.2) is 0 Å². The van der Waals surface area contributed by atoms with Gasteiger partial charge in [-0.05, 0) is 25.7 Å². The number of rotatable bonds is 7. The van der Waals surface area contributed by atoms with Gasteiger partial charge in [0.1, 0.15) is 11.6 Å². The van der Waals surface area contributed by atoms with Crippen LogP contribution in [0.15, 0.2) is 0 Å². The second-order valence-corrected chi connectivity index (χ2v) is 4.78. The first-order chi connectivity index (χ1) is 7.76. The molecule has 5 nitrogen and oxygen atoms in total. The summed E-state index contributed by atoms with van der Waals surface area (Å²) >= 11 is 0. The SMILES string of the molecule is CCC(C)(OC)C(=O)NC(CC(C)C)C(=O)O. The highest BCUT2D eigenvalue weighted by Gasteiger charge is 2.34. The maximum Gasteiger partial charge on any atom is 0.326 e. The number of carbonyl (C=O) groups excluding carboxylic acids is 1. The molecule has 0 aromatic heterocycles. The zero-order valence-corrected chi connectivity index (χ0v) is 11.2. The number of carboxylic acid groups (broad SMARTS) is 1. The van der Waals surface area contributed by atoms with Crippen molar-refractivity contribution in [1.29, 1.82) is 0 Å². The summed E-state index contributed by atoms with van der Waals surface area (Å²) in [5.41, 5.74) is -0.968. The molecule has 0 aliphatic heterocycles. The molecule has 0 saturated carbocycles. The summed E-state index contributed by atoms with van der Waals surface area (Å²) in [6.45, 7) is 7.30.